The van der Waals surface area contributed by atoms with Gasteiger partial charge in [0, 0.05) is 17.8 Å². The molecule has 1 aliphatic heterocycles. The number of para-hydroxylation sites is 1. The second kappa shape index (κ2) is 9.05. The number of rotatable bonds is 7. The van der Waals surface area contributed by atoms with Crippen molar-refractivity contribution in [1.82, 2.24) is 15.1 Å². The second-order valence-electron chi connectivity index (χ2n) is 7.40. The Kier molecular flexibility index (Phi) is 6.02. The van der Waals surface area contributed by atoms with Crippen molar-refractivity contribution >= 4 is 17.4 Å². The van der Waals surface area contributed by atoms with Gasteiger partial charge in [0.05, 0.1) is 6.20 Å². The van der Waals surface area contributed by atoms with Gasteiger partial charge >= 0.3 is 0 Å². The Morgan fingerprint density at radius 2 is 1.97 bits per heavy atom. The van der Waals surface area contributed by atoms with Crippen LogP contribution in [0.2, 0.25) is 0 Å². The van der Waals surface area contributed by atoms with Crippen LogP contribution in [0.25, 0.3) is 5.70 Å². The lowest BCUT2D eigenvalue weighted by molar-refractivity contribution is 0.0951. The van der Waals surface area contributed by atoms with E-state index in [-0.39, 0.29) is 29.3 Å². The average molecular weight is 436 g/mol. The van der Waals surface area contributed by atoms with Crippen LogP contribution in [0.15, 0.2) is 73.1 Å². The molecule has 0 bridgehead atoms. The quantitative estimate of drug-likeness (QED) is 0.561. The molecule has 0 fully saturated rings. The highest BCUT2D eigenvalue weighted by molar-refractivity contribution is 6.00. The van der Waals surface area contributed by atoms with Crippen molar-refractivity contribution in [2.24, 2.45) is 0 Å². The zero-order valence-electron chi connectivity index (χ0n) is 17.4. The maximum Gasteiger partial charge on any atom is 0.280 e. The minimum absolute atomic E-state index is 0.149. The van der Waals surface area contributed by atoms with Crippen molar-refractivity contribution in [2.75, 3.05) is 5.32 Å². The molecule has 32 heavy (non-hydrogen) atoms. The van der Waals surface area contributed by atoms with Crippen molar-refractivity contribution in [3.05, 3.63) is 95.3 Å². The van der Waals surface area contributed by atoms with Crippen LogP contribution in [0.5, 0.6) is 5.75 Å². The van der Waals surface area contributed by atoms with Crippen LogP contribution in [0.1, 0.15) is 27.0 Å². The van der Waals surface area contributed by atoms with Crippen LogP contribution in [0.4, 0.5) is 14.6 Å². The lowest BCUT2D eigenvalue weighted by Gasteiger charge is -2.19. The van der Waals surface area contributed by atoms with Gasteiger partial charge < -0.3 is 15.4 Å². The standard InChI is InChI=1S/C24H22F2N4O2/c1-15-7-9-17(10-8-15)14-32-21-6-4-3-5-18(21)12-27-24(31)19-13-28-30-20(22(25)26)11-16(2)29-23(19)30/h3-11,13,22,29H,2,12,14H2,1H3,(H,27,31). The fourth-order valence-electron chi connectivity index (χ4n) is 3.32. The number of carbonyl (C=O) groups excluding carboxylic acids is 1. The first kappa shape index (κ1) is 21.3. The number of fused-ring (bicyclic) bond motifs is 1. The largest absolute Gasteiger partial charge is 0.489 e. The van der Waals surface area contributed by atoms with Gasteiger partial charge in [-0.05, 0) is 24.6 Å². The first-order valence-corrected chi connectivity index (χ1v) is 10.0. The molecule has 4 rings (SSSR count). The Morgan fingerprint density at radius 1 is 1.22 bits per heavy atom. The first-order valence-electron chi connectivity index (χ1n) is 10.0. The molecule has 2 N–H and O–H groups in total. The van der Waals surface area contributed by atoms with E-state index in [2.05, 4.69) is 22.3 Å². The van der Waals surface area contributed by atoms with E-state index in [4.69, 9.17) is 4.74 Å². The highest BCUT2D eigenvalue weighted by Crippen LogP contribution is 2.29. The number of hydrogen-bond acceptors (Lipinski definition) is 4. The molecule has 164 valence electrons. The van der Waals surface area contributed by atoms with Crippen LogP contribution in [-0.4, -0.2) is 22.1 Å². The molecule has 2 aromatic carbocycles. The third-order valence-electron chi connectivity index (χ3n) is 5.01. The number of aryl methyl sites for hydroxylation is 1. The molecular weight excluding hydrogens is 414 g/mol. The molecule has 0 aliphatic carbocycles. The molecule has 8 heteroatoms. The summed E-state index contributed by atoms with van der Waals surface area (Å²) in [6, 6.07) is 15.5. The van der Waals surface area contributed by atoms with Crippen LogP contribution in [-0.2, 0) is 13.2 Å². The molecule has 0 spiro atoms. The highest BCUT2D eigenvalue weighted by atomic mass is 19.3. The summed E-state index contributed by atoms with van der Waals surface area (Å²) in [4.78, 5) is 12.8. The van der Waals surface area contributed by atoms with Gasteiger partial charge in [0.25, 0.3) is 12.3 Å². The number of hydrogen-bond donors (Lipinski definition) is 2. The smallest absolute Gasteiger partial charge is 0.280 e. The number of alkyl halides is 2. The van der Waals surface area contributed by atoms with Gasteiger partial charge in [0.2, 0.25) is 0 Å². The Bertz CT molecular complexity index is 1180. The monoisotopic (exact) mass is 436 g/mol. The highest BCUT2D eigenvalue weighted by Gasteiger charge is 2.27. The maximum atomic E-state index is 13.3. The van der Waals surface area contributed by atoms with Crippen molar-refractivity contribution in [3.8, 4) is 5.75 Å². The fourth-order valence-corrected chi connectivity index (χ4v) is 3.32. The molecule has 1 amide bonds. The Hall–Kier alpha value is -3.94. The van der Waals surface area contributed by atoms with Crippen LogP contribution in [0.3, 0.4) is 0 Å². The Morgan fingerprint density at radius 3 is 2.72 bits per heavy atom. The molecule has 3 aromatic rings. The summed E-state index contributed by atoms with van der Waals surface area (Å²) in [6.07, 6.45) is -0.291. The summed E-state index contributed by atoms with van der Waals surface area (Å²) in [6.45, 7) is 6.30. The number of halogens is 2. The number of nitrogens with zero attached hydrogens (tertiary/aromatic N) is 2. The molecule has 1 aliphatic rings. The van der Waals surface area contributed by atoms with Gasteiger partial charge in [-0.25, -0.2) is 13.5 Å². The molecule has 1 aromatic heterocycles. The summed E-state index contributed by atoms with van der Waals surface area (Å²) in [7, 11) is 0. The van der Waals surface area contributed by atoms with E-state index >= 15 is 0 Å². The van der Waals surface area contributed by atoms with Crippen molar-refractivity contribution in [2.45, 2.75) is 26.5 Å². The van der Waals surface area contributed by atoms with Crippen molar-refractivity contribution in [3.63, 3.8) is 0 Å². The number of nitrogens with one attached hydrogen (secondary N) is 2. The maximum absolute atomic E-state index is 13.3. The van der Waals surface area contributed by atoms with Crippen LogP contribution < -0.4 is 15.4 Å². The van der Waals surface area contributed by atoms with Gasteiger partial charge in [0.15, 0.2) is 0 Å². The van der Waals surface area contributed by atoms with Gasteiger partial charge in [-0.3, -0.25) is 4.79 Å². The summed E-state index contributed by atoms with van der Waals surface area (Å²) in [5.41, 5.74) is 3.08. The van der Waals surface area contributed by atoms with Crippen molar-refractivity contribution < 1.29 is 18.3 Å². The third-order valence-corrected chi connectivity index (χ3v) is 5.01. The van der Waals surface area contributed by atoms with E-state index in [0.717, 1.165) is 15.8 Å². The molecule has 6 nitrogen and oxygen atoms in total. The summed E-state index contributed by atoms with van der Waals surface area (Å²) in [5, 5.41) is 9.58. The zero-order valence-corrected chi connectivity index (χ0v) is 17.4. The molecule has 0 saturated carbocycles. The number of benzene rings is 2. The van der Waals surface area contributed by atoms with Gasteiger partial charge in [-0.1, -0.05) is 54.6 Å². The Labute approximate surface area is 184 Å². The number of aromatic nitrogens is 2. The normalized spacial score (nSPS) is 12.8. The van der Waals surface area contributed by atoms with E-state index in [1.807, 2.05) is 55.5 Å². The lowest BCUT2D eigenvalue weighted by atomic mass is 10.1. The van der Waals surface area contributed by atoms with Crippen LogP contribution in [0, 0.1) is 6.92 Å². The molecule has 0 saturated heterocycles. The van der Waals surface area contributed by atoms with E-state index in [0.29, 0.717) is 12.4 Å². The third kappa shape index (κ3) is 4.54. The van der Waals surface area contributed by atoms with Gasteiger partial charge in [-0.15, -0.1) is 0 Å². The number of allylic oxidation sites excluding steroid dienone is 2. The SMILES string of the molecule is C=C1C=C(C(F)F)n2ncc(C(=O)NCc3ccccc3OCc3ccc(C)cc3)c2N1. The topological polar surface area (TPSA) is 68.2 Å². The molecule has 0 atom stereocenters. The van der Waals surface area contributed by atoms with Crippen molar-refractivity contribution in [1.29, 1.82) is 0 Å². The Balaban J connectivity index is 1.45. The zero-order chi connectivity index (χ0) is 22.7. The predicted molar refractivity (Wildman–Crippen MR) is 118 cm³/mol. The summed E-state index contributed by atoms with van der Waals surface area (Å²) < 4.78 is 33.6. The predicted octanol–water partition coefficient (Wildman–Crippen LogP) is 4.75. The van der Waals surface area contributed by atoms with E-state index < -0.39 is 12.3 Å². The van der Waals surface area contributed by atoms with E-state index in [9.17, 15) is 13.6 Å². The molecule has 0 radical (unpaired) electrons. The molecule has 2 heterocycles. The second-order valence-corrected chi connectivity index (χ2v) is 7.40. The number of ether oxygens (including phenoxy) is 1. The minimum atomic E-state index is -2.75. The minimum Gasteiger partial charge on any atom is -0.489 e. The number of carbonyl (C=O) groups is 1. The van der Waals surface area contributed by atoms with E-state index in [1.165, 1.54) is 17.8 Å². The summed E-state index contributed by atoms with van der Waals surface area (Å²) in [5.74, 6) is 0.365. The van der Waals surface area contributed by atoms with Gasteiger partial charge in [-0.2, -0.15) is 5.10 Å². The molecular formula is C24H22F2N4O2. The average Bonchev–Trinajstić information content (AvgIpc) is 3.20. The number of anilines is 1. The van der Waals surface area contributed by atoms with Crippen LogP contribution >= 0.6 is 0 Å². The van der Waals surface area contributed by atoms with Gasteiger partial charge in [0.1, 0.15) is 29.4 Å². The number of amides is 1. The lowest BCUT2D eigenvalue weighted by Crippen LogP contribution is -2.25. The fraction of sp³-hybridized carbons (Fsp3) is 0.167. The van der Waals surface area contributed by atoms with E-state index in [1.54, 1.807) is 0 Å². The molecule has 0 unspecified atom stereocenters. The summed E-state index contributed by atoms with van der Waals surface area (Å²) >= 11 is 0. The first-order chi connectivity index (χ1) is 15.4.